The zero-order valence-electron chi connectivity index (χ0n) is 13.8. The Bertz CT molecular complexity index is 1060. The van der Waals surface area contributed by atoms with Gasteiger partial charge in [-0.15, -0.1) is 0 Å². The van der Waals surface area contributed by atoms with Gasteiger partial charge in [0, 0.05) is 23.5 Å². The van der Waals surface area contributed by atoms with Crippen LogP contribution in [0, 0.1) is 6.92 Å². The van der Waals surface area contributed by atoms with Gasteiger partial charge < -0.3 is 14.5 Å². The number of ether oxygens (including phenoxy) is 1. The number of imidazole rings is 1. The van der Waals surface area contributed by atoms with E-state index in [1.54, 1.807) is 0 Å². The highest BCUT2D eigenvalue weighted by molar-refractivity contribution is 6.02. The molecule has 4 rings (SSSR count). The third kappa shape index (κ3) is 3.04. The van der Waals surface area contributed by atoms with E-state index in [1.165, 1.54) is 0 Å². The molecule has 5 nitrogen and oxygen atoms in total. The Kier molecular flexibility index (Phi) is 3.82. The van der Waals surface area contributed by atoms with Gasteiger partial charge in [-0.05, 0) is 30.5 Å². The molecule has 5 heteroatoms. The summed E-state index contributed by atoms with van der Waals surface area (Å²) in [6.45, 7) is 1.85. The van der Waals surface area contributed by atoms with Crippen LogP contribution in [0.2, 0.25) is 0 Å². The molecule has 1 amide bonds. The third-order valence-corrected chi connectivity index (χ3v) is 3.99. The highest BCUT2D eigenvalue weighted by atomic mass is 16.5. The fraction of sp³-hybridized carbons (Fsp3) is 0.100. The van der Waals surface area contributed by atoms with Crippen molar-refractivity contribution in [2.24, 2.45) is 0 Å². The van der Waals surface area contributed by atoms with Gasteiger partial charge >= 0.3 is 0 Å². The molecule has 1 N–H and O–H groups in total. The van der Waals surface area contributed by atoms with Crippen LogP contribution in [-0.4, -0.2) is 21.9 Å². The second kappa shape index (κ2) is 6.28. The molecule has 2 aromatic carbocycles. The first kappa shape index (κ1) is 15.2. The largest absolute Gasteiger partial charge is 0.480 e. The number of fused-ring (bicyclic) bond motifs is 2. The van der Waals surface area contributed by atoms with Crippen molar-refractivity contribution in [2.45, 2.75) is 6.92 Å². The molecule has 25 heavy (non-hydrogen) atoms. The number of carbonyl (C=O) groups excluding carboxylic acids is 1. The number of anilines is 1. The van der Waals surface area contributed by atoms with Crippen LogP contribution in [0.1, 0.15) is 5.69 Å². The number of nitrogens with zero attached hydrogens (tertiary/aromatic N) is 2. The molecule has 4 aromatic rings. The Morgan fingerprint density at radius 1 is 1.12 bits per heavy atom. The maximum atomic E-state index is 12.3. The minimum absolute atomic E-state index is 0.0746. The van der Waals surface area contributed by atoms with Crippen molar-refractivity contribution < 1.29 is 9.53 Å². The van der Waals surface area contributed by atoms with Crippen molar-refractivity contribution in [1.82, 2.24) is 9.38 Å². The van der Waals surface area contributed by atoms with Crippen LogP contribution in [-0.2, 0) is 4.79 Å². The smallest absolute Gasteiger partial charge is 0.262 e. The standard InChI is InChI=1S/C20H17N3O2/c1-14-12-23-11-5-10-18(20(23)21-14)25-13-19(24)22-17-9-4-7-15-6-2-3-8-16(15)17/h2-12H,13H2,1H3,(H,22,24). The van der Waals surface area contributed by atoms with E-state index in [4.69, 9.17) is 4.74 Å². The first-order valence-electron chi connectivity index (χ1n) is 8.05. The summed E-state index contributed by atoms with van der Waals surface area (Å²) in [6, 6.07) is 17.4. The summed E-state index contributed by atoms with van der Waals surface area (Å²) < 4.78 is 7.57. The van der Waals surface area contributed by atoms with Gasteiger partial charge in [0.2, 0.25) is 0 Å². The molecule has 124 valence electrons. The lowest BCUT2D eigenvalue weighted by molar-refractivity contribution is -0.118. The molecule has 0 spiro atoms. The predicted molar refractivity (Wildman–Crippen MR) is 98.0 cm³/mol. The Labute approximate surface area is 144 Å². The highest BCUT2D eigenvalue weighted by Gasteiger charge is 2.09. The minimum atomic E-state index is -0.207. The summed E-state index contributed by atoms with van der Waals surface area (Å²) in [5, 5.41) is 5.00. The molecule has 2 heterocycles. The van der Waals surface area contributed by atoms with Crippen molar-refractivity contribution in [3.8, 4) is 5.75 Å². The van der Waals surface area contributed by atoms with E-state index in [0.29, 0.717) is 11.4 Å². The summed E-state index contributed by atoms with van der Waals surface area (Å²) in [5.74, 6) is 0.380. The molecule has 0 aliphatic rings. The van der Waals surface area contributed by atoms with Gasteiger partial charge in [0.25, 0.3) is 5.91 Å². The Morgan fingerprint density at radius 3 is 2.88 bits per heavy atom. The second-order valence-corrected chi connectivity index (χ2v) is 5.85. The normalized spacial score (nSPS) is 10.9. The second-order valence-electron chi connectivity index (χ2n) is 5.85. The van der Waals surface area contributed by atoms with E-state index in [-0.39, 0.29) is 12.5 Å². The number of benzene rings is 2. The van der Waals surface area contributed by atoms with E-state index in [2.05, 4.69) is 10.3 Å². The number of hydrogen-bond acceptors (Lipinski definition) is 3. The number of hydrogen-bond donors (Lipinski definition) is 1. The summed E-state index contributed by atoms with van der Waals surface area (Å²) in [6.07, 6.45) is 3.82. The van der Waals surface area contributed by atoms with Crippen LogP contribution in [0.25, 0.3) is 16.4 Å². The monoisotopic (exact) mass is 331 g/mol. The SMILES string of the molecule is Cc1cn2cccc(OCC(=O)Nc3cccc4ccccc34)c2n1. The van der Waals surface area contributed by atoms with Crippen LogP contribution in [0.3, 0.4) is 0 Å². The number of aryl methyl sites for hydroxylation is 1. The lowest BCUT2D eigenvalue weighted by atomic mass is 10.1. The van der Waals surface area contributed by atoms with Crippen molar-refractivity contribution >= 4 is 28.0 Å². The van der Waals surface area contributed by atoms with Gasteiger partial charge in [-0.1, -0.05) is 36.4 Å². The number of aromatic nitrogens is 2. The van der Waals surface area contributed by atoms with Crippen LogP contribution >= 0.6 is 0 Å². The minimum Gasteiger partial charge on any atom is -0.480 e. The van der Waals surface area contributed by atoms with E-state index in [0.717, 1.165) is 22.2 Å². The summed E-state index contributed by atoms with van der Waals surface area (Å²) in [5.41, 5.74) is 2.38. The lowest BCUT2D eigenvalue weighted by Gasteiger charge is -2.10. The predicted octanol–water partition coefficient (Wildman–Crippen LogP) is 3.81. The van der Waals surface area contributed by atoms with Gasteiger partial charge in [-0.25, -0.2) is 4.98 Å². The van der Waals surface area contributed by atoms with E-state index < -0.39 is 0 Å². The molecule has 0 unspecified atom stereocenters. The number of carbonyl (C=O) groups is 1. The highest BCUT2D eigenvalue weighted by Crippen LogP contribution is 2.23. The molecule has 0 aliphatic carbocycles. The summed E-state index contributed by atoms with van der Waals surface area (Å²) in [7, 11) is 0. The molecule has 0 saturated carbocycles. The van der Waals surface area contributed by atoms with Crippen molar-refractivity contribution in [2.75, 3.05) is 11.9 Å². The molecule has 0 bridgehead atoms. The third-order valence-electron chi connectivity index (χ3n) is 3.99. The quantitative estimate of drug-likeness (QED) is 0.618. The Hall–Kier alpha value is -3.34. The fourth-order valence-electron chi connectivity index (χ4n) is 2.89. The van der Waals surface area contributed by atoms with Crippen LogP contribution in [0.15, 0.2) is 67.0 Å². The number of amides is 1. The van der Waals surface area contributed by atoms with Gasteiger partial charge in [0.15, 0.2) is 18.0 Å². The maximum absolute atomic E-state index is 12.3. The van der Waals surface area contributed by atoms with E-state index >= 15 is 0 Å². The molecular formula is C20H17N3O2. The fourth-order valence-corrected chi connectivity index (χ4v) is 2.89. The average Bonchev–Trinajstić information content (AvgIpc) is 3.01. The van der Waals surface area contributed by atoms with E-state index in [9.17, 15) is 4.79 Å². The van der Waals surface area contributed by atoms with Gasteiger partial charge in [-0.2, -0.15) is 0 Å². The topological polar surface area (TPSA) is 55.6 Å². The lowest BCUT2D eigenvalue weighted by Crippen LogP contribution is -2.20. The van der Waals surface area contributed by atoms with Crippen molar-refractivity contribution in [3.05, 3.63) is 72.7 Å². The van der Waals surface area contributed by atoms with Crippen LogP contribution in [0.5, 0.6) is 5.75 Å². The number of rotatable bonds is 4. The molecule has 0 aliphatic heterocycles. The average molecular weight is 331 g/mol. The molecule has 0 radical (unpaired) electrons. The molecule has 0 saturated heterocycles. The Balaban J connectivity index is 1.50. The molecule has 0 fully saturated rings. The molecule has 0 atom stereocenters. The number of nitrogens with one attached hydrogen (secondary N) is 1. The van der Waals surface area contributed by atoms with E-state index in [1.807, 2.05) is 78.3 Å². The first-order valence-corrected chi connectivity index (χ1v) is 8.05. The first-order chi connectivity index (χ1) is 12.2. The summed E-state index contributed by atoms with van der Waals surface area (Å²) >= 11 is 0. The Morgan fingerprint density at radius 2 is 1.96 bits per heavy atom. The molecule has 2 aromatic heterocycles. The van der Waals surface area contributed by atoms with Gasteiger partial charge in [0.05, 0.1) is 5.69 Å². The zero-order valence-corrected chi connectivity index (χ0v) is 13.8. The van der Waals surface area contributed by atoms with Crippen molar-refractivity contribution in [3.63, 3.8) is 0 Å². The van der Waals surface area contributed by atoms with Crippen molar-refractivity contribution in [1.29, 1.82) is 0 Å². The number of pyridine rings is 1. The molecular weight excluding hydrogens is 314 g/mol. The summed E-state index contributed by atoms with van der Waals surface area (Å²) in [4.78, 5) is 16.7. The van der Waals surface area contributed by atoms with Crippen LogP contribution in [0.4, 0.5) is 5.69 Å². The zero-order chi connectivity index (χ0) is 17.2. The van der Waals surface area contributed by atoms with Gasteiger partial charge in [-0.3, -0.25) is 4.79 Å². The van der Waals surface area contributed by atoms with Crippen LogP contribution < -0.4 is 10.1 Å². The van der Waals surface area contributed by atoms with Gasteiger partial charge in [0.1, 0.15) is 0 Å². The maximum Gasteiger partial charge on any atom is 0.262 e.